The van der Waals surface area contributed by atoms with Gasteiger partial charge >= 0.3 is 17.9 Å². The lowest BCUT2D eigenvalue weighted by Gasteiger charge is -2.18. The number of unbranched alkanes of at least 4 members (excludes halogenated alkanes) is 28. The monoisotopic (exact) mass is 815 g/mol. The van der Waals surface area contributed by atoms with E-state index in [9.17, 15) is 14.4 Å². The van der Waals surface area contributed by atoms with E-state index in [0.29, 0.717) is 19.3 Å². The van der Waals surface area contributed by atoms with Gasteiger partial charge in [-0.05, 0) is 51.4 Å². The van der Waals surface area contributed by atoms with E-state index in [2.05, 4.69) is 57.2 Å². The van der Waals surface area contributed by atoms with Gasteiger partial charge in [0.1, 0.15) is 13.2 Å². The Morgan fingerprint density at radius 1 is 0.362 bits per heavy atom. The Morgan fingerprint density at radius 3 is 1.05 bits per heavy atom. The van der Waals surface area contributed by atoms with E-state index in [1.165, 1.54) is 122 Å². The molecule has 6 heteroatoms. The molecule has 0 aromatic heterocycles. The summed E-state index contributed by atoms with van der Waals surface area (Å²) in [6.07, 6.45) is 54.2. The maximum Gasteiger partial charge on any atom is 0.306 e. The van der Waals surface area contributed by atoms with Gasteiger partial charge in [0.25, 0.3) is 0 Å². The number of ether oxygens (including phenoxy) is 3. The first-order valence-electron chi connectivity index (χ1n) is 25.0. The van der Waals surface area contributed by atoms with Crippen LogP contribution < -0.4 is 0 Å². The number of carbonyl (C=O) groups excluding carboxylic acids is 3. The highest BCUT2D eigenvalue weighted by Crippen LogP contribution is 2.16. The first-order valence-corrected chi connectivity index (χ1v) is 25.0. The normalized spacial score (nSPS) is 12.3. The molecule has 0 bridgehead atoms. The smallest absolute Gasteiger partial charge is 0.306 e. The van der Waals surface area contributed by atoms with Gasteiger partial charge in [-0.15, -0.1) is 0 Å². The van der Waals surface area contributed by atoms with Crippen LogP contribution in [0.2, 0.25) is 0 Å². The van der Waals surface area contributed by atoms with Crippen molar-refractivity contribution < 1.29 is 28.6 Å². The molecule has 0 saturated heterocycles. The van der Waals surface area contributed by atoms with Crippen LogP contribution in [0.25, 0.3) is 0 Å². The van der Waals surface area contributed by atoms with Crippen LogP contribution in [0.1, 0.15) is 258 Å². The molecule has 0 aliphatic carbocycles. The molecule has 0 N–H and O–H groups in total. The van der Waals surface area contributed by atoms with E-state index in [1.807, 2.05) is 0 Å². The fraction of sp³-hybridized carbons (Fsp3) is 0.827. The second-order valence-corrected chi connectivity index (χ2v) is 16.7. The molecular formula is C52H94O6. The van der Waals surface area contributed by atoms with Gasteiger partial charge in [0.15, 0.2) is 6.10 Å². The third-order valence-corrected chi connectivity index (χ3v) is 10.9. The maximum absolute atomic E-state index is 12.7. The lowest BCUT2D eigenvalue weighted by molar-refractivity contribution is -0.167. The molecular weight excluding hydrogens is 721 g/mol. The molecule has 0 aliphatic rings. The molecule has 0 heterocycles. The highest BCUT2D eigenvalue weighted by molar-refractivity contribution is 5.71. The highest BCUT2D eigenvalue weighted by atomic mass is 16.6. The third-order valence-electron chi connectivity index (χ3n) is 10.9. The van der Waals surface area contributed by atoms with Crippen molar-refractivity contribution in [3.05, 3.63) is 36.5 Å². The van der Waals surface area contributed by atoms with Gasteiger partial charge in [0.2, 0.25) is 0 Å². The van der Waals surface area contributed by atoms with E-state index in [4.69, 9.17) is 14.2 Å². The highest BCUT2D eigenvalue weighted by Gasteiger charge is 2.19. The van der Waals surface area contributed by atoms with Crippen LogP contribution in [0.15, 0.2) is 36.5 Å². The zero-order chi connectivity index (χ0) is 42.3. The number of rotatable bonds is 45. The molecule has 0 amide bonds. The van der Waals surface area contributed by atoms with Crippen LogP contribution in [0.3, 0.4) is 0 Å². The van der Waals surface area contributed by atoms with Crippen molar-refractivity contribution in [2.45, 2.75) is 264 Å². The van der Waals surface area contributed by atoms with E-state index in [0.717, 1.165) is 96.3 Å². The van der Waals surface area contributed by atoms with Crippen LogP contribution in [0.4, 0.5) is 0 Å². The number of hydrogen-bond donors (Lipinski definition) is 0. The van der Waals surface area contributed by atoms with Crippen molar-refractivity contribution in [1.82, 2.24) is 0 Å². The lowest BCUT2D eigenvalue weighted by Crippen LogP contribution is -2.30. The summed E-state index contributed by atoms with van der Waals surface area (Å²) in [5.41, 5.74) is 0. The molecule has 0 aliphatic heterocycles. The Bertz CT molecular complexity index is 984. The Hall–Kier alpha value is -2.37. The standard InChI is InChI=1S/C52H94O6/c1-4-7-10-13-16-19-21-23-25-26-28-29-31-33-36-39-42-45-51(54)57-48-49(47-56-50(53)44-41-38-35-18-15-12-9-6-3)58-52(55)46-43-40-37-34-32-30-27-24-22-20-17-14-11-8-5-2/h8,11,17,20,24,27,49H,4-7,9-10,12-16,18-19,21-23,25-26,28-48H2,1-3H3/b11-8-,20-17-,27-24-. The van der Waals surface area contributed by atoms with Gasteiger partial charge in [-0.1, -0.05) is 224 Å². The summed E-state index contributed by atoms with van der Waals surface area (Å²) >= 11 is 0. The second kappa shape index (κ2) is 47.3. The zero-order valence-electron chi connectivity index (χ0n) is 38.6. The third kappa shape index (κ3) is 44.7. The predicted octanol–water partition coefficient (Wildman–Crippen LogP) is 16.1. The summed E-state index contributed by atoms with van der Waals surface area (Å²) in [7, 11) is 0. The summed E-state index contributed by atoms with van der Waals surface area (Å²) in [4.78, 5) is 37.8. The summed E-state index contributed by atoms with van der Waals surface area (Å²) < 4.78 is 16.7. The molecule has 0 rings (SSSR count). The van der Waals surface area contributed by atoms with Gasteiger partial charge in [0.05, 0.1) is 0 Å². The first kappa shape index (κ1) is 55.6. The van der Waals surface area contributed by atoms with E-state index >= 15 is 0 Å². The van der Waals surface area contributed by atoms with Crippen LogP contribution in [-0.2, 0) is 28.6 Å². The summed E-state index contributed by atoms with van der Waals surface area (Å²) in [5.74, 6) is -0.888. The summed E-state index contributed by atoms with van der Waals surface area (Å²) in [6.45, 7) is 6.50. The van der Waals surface area contributed by atoms with Crippen LogP contribution in [0, 0.1) is 0 Å². The minimum atomic E-state index is -0.774. The van der Waals surface area contributed by atoms with Crippen molar-refractivity contribution >= 4 is 17.9 Å². The van der Waals surface area contributed by atoms with Crippen LogP contribution >= 0.6 is 0 Å². The average Bonchev–Trinajstić information content (AvgIpc) is 3.22. The first-order chi connectivity index (χ1) is 28.5. The number of allylic oxidation sites excluding steroid dienone is 6. The molecule has 1 atom stereocenters. The minimum absolute atomic E-state index is 0.0756. The Morgan fingerprint density at radius 2 is 0.672 bits per heavy atom. The second-order valence-electron chi connectivity index (χ2n) is 16.7. The van der Waals surface area contributed by atoms with Crippen molar-refractivity contribution in [3.8, 4) is 0 Å². The van der Waals surface area contributed by atoms with E-state index < -0.39 is 6.10 Å². The van der Waals surface area contributed by atoms with Crippen molar-refractivity contribution in [1.29, 1.82) is 0 Å². The molecule has 0 saturated carbocycles. The average molecular weight is 815 g/mol. The van der Waals surface area contributed by atoms with Crippen molar-refractivity contribution in [3.63, 3.8) is 0 Å². The van der Waals surface area contributed by atoms with Gasteiger partial charge in [-0.3, -0.25) is 14.4 Å². The van der Waals surface area contributed by atoms with Crippen molar-refractivity contribution in [2.75, 3.05) is 13.2 Å². The predicted molar refractivity (Wildman–Crippen MR) is 247 cm³/mol. The molecule has 0 radical (unpaired) electrons. The SMILES string of the molecule is CC/C=C\C/C=C\C/C=C\CCCCCCCC(=O)OC(COC(=O)CCCCCCCCCC)COC(=O)CCCCCCCCCCCCCCCCCCC. The maximum atomic E-state index is 12.7. The number of carbonyl (C=O) groups is 3. The van der Waals surface area contributed by atoms with Crippen LogP contribution in [0.5, 0.6) is 0 Å². The molecule has 0 spiro atoms. The summed E-state index contributed by atoms with van der Waals surface area (Å²) in [6, 6.07) is 0. The van der Waals surface area contributed by atoms with Crippen molar-refractivity contribution in [2.24, 2.45) is 0 Å². The molecule has 6 nitrogen and oxygen atoms in total. The lowest BCUT2D eigenvalue weighted by atomic mass is 10.0. The molecule has 0 aromatic carbocycles. The van der Waals surface area contributed by atoms with E-state index in [-0.39, 0.29) is 31.1 Å². The van der Waals surface area contributed by atoms with Gasteiger partial charge in [0, 0.05) is 19.3 Å². The fourth-order valence-corrected chi connectivity index (χ4v) is 7.16. The Labute approximate surface area is 359 Å². The minimum Gasteiger partial charge on any atom is -0.462 e. The topological polar surface area (TPSA) is 78.9 Å². The van der Waals surface area contributed by atoms with Gasteiger partial charge < -0.3 is 14.2 Å². The zero-order valence-corrected chi connectivity index (χ0v) is 38.6. The van der Waals surface area contributed by atoms with Crippen LogP contribution in [-0.4, -0.2) is 37.2 Å². The largest absolute Gasteiger partial charge is 0.462 e. The quantitative estimate of drug-likeness (QED) is 0.0264. The van der Waals surface area contributed by atoms with E-state index in [1.54, 1.807) is 0 Å². The summed E-state index contributed by atoms with van der Waals surface area (Å²) in [5, 5.41) is 0. The molecule has 0 fully saturated rings. The Balaban J connectivity index is 4.29. The van der Waals surface area contributed by atoms with Gasteiger partial charge in [-0.25, -0.2) is 0 Å². The van der Waals surface area contributed by atoms with Gasteiger partial charge in [-0.2, -0.15) is 0 Å². The molecule has 0 aromatic rings. The Kier molecular flexibility index (Phi) is 45.4. The fourth-order valence-electron chi connectivity index (χ4n) is 7.16. The molecule has 1 unspecified atom stereocenters. The number of esters is 3. The molecule has 338 valence electrons. The molecule has 58 heavy (non-hydrogen) atoms. The number of hydrogen-bond acceptors (Lipinski definition) is 6.